The molecule has 0 saturated carbocycles. The van der Waals surface area contributed by atoms with Crippen molar-refractivity contribution in [1.82, 2.24) is 9.97 Å². The standard InChI is InChI=1S/C28H42N2O/c1-3-5-7-9-11-12-14-16-22-31-27-20-18-26(19-21-27)28-29-23-25(24-30-28)17-15-13-10-8-6-4-2/h5,7,18-21,23-24H,3-4,6,8-17,22H2,1-2H3. The van der Waals surface area contributed by atoms with Gasteiger partial charge >= 0.3 is 0 Å². The molecule has 0 radical (unpaired) electrons. The minimum atomic E-state index is 0.786. The smallest absolute Gasteiger partial charge is 0.159 e. The van der Waals surface area contributed by atoms with Crippen LogP contribution < -0.4 is 4.74 Å². The molecule has 2 rings (SSSR count). The van der Waals surface area contributed by atoms with Crippen LogP contribution in [0.5, 0.6) is 5.75 Å². The third-order valence-electron chi connectivity index (χ3n) is 5.57. The van der Waals surface area contributed by atoms with Crippen LogP contribution in [0.3, 0.4) is 0 Å². The van der Waals surface area contributed by atoms with Gasteiger partial charge in [-0.3, -0.25) is 0 Å². The van der Waals surface area contributed by atoms with Gasteiger partial charge in [0.25, 0.3) is 0 Å². The zero-order valence-corrected chi connectivity index (χ0v) is 19.8. The van der Waals surface area contributed by atoms with Gasteiger partial charge in [-0.1, -0.05) is 70.9 Å². The van der Waals surface area contributed by atoms with Crippen molar-refractivity contribution < 1.29 is 4.74 Å². The highest BCUT2D eigenvalue weighted by molar-refractivity contribution is 5.55. The van der Waals surface area contributed by atoms with E-state index in [2.05, 4.69) is 48.1 Å². The van der Waals surface area contributed by atoms with Gasteiger partial charge in [0.2, 0.25) is 0 Å². The summed E-state index contributed by atoms with van der Waals surface area (Å²) in [5.74, 6) is 1.71. The second-order valence-electron chi connectivity index (χ2n) is 8.39. The summed E-state index contributed by atoms with van der Waals surface area (Å²) in [4.78, 5) is 9.15. The molecule has 3 heteroatoms. The molecule has 0 spiro atoms. The molecule has 0 unspecified atom stereocenters. The van der Waals surface area contributed by atoms with Crippen molar-refractivity contribution in [1.29, 1.82) is 0 Å². The average Bonchev–Trinajstić information content (AvgIpc) is 2.81. The fourth-order valence-electron chi connectivity index (χ4n) is 3.63. The van der Waals surface area contributed by atoms with Gasteiger partial charge in [-0.2, -0.15) is 0 Å². The summed E-state index contributed by atoms with van der Waals surface area (Å²) in [7, 11) is 0. The number of hydrogen-bond acceptors (Lipinski definition) is 3. The van der Waals surface area contributed by atoms with E-state index in [9.17, 15) is 0 Å². The molecular formula is C28H42N2O. The minimum Gasteiger partial charge on any atom is -0.494 e. The Morgan fingerprint density at radius 2 is 1.42 bits per heavy atom. The summed E-state index contributed by atoms with van der Waals surface area (Å²) in [6, 6.07) is 8.16. The summed E-state index contributed by atoms with van der Waals surface area (Å²) in [6.07, 6.45) is 24.8. The number of hydrogen-bond donors (Lipinski definition) is 0. The number of aromatic nitrogens is 2. The van der Waals surface area contributed by atoms with E-state index in [0.717, 1.165) is 43.0 Å². The number of rotatable bonds is 17. The first kappa shape index (κ1) is 25.1. The zero-order chi connectivity index (χ0) is 22.0. The molecule has 1 aromatic heterocycles. The van der Waals surface area contributed by atoms with Gasteiger partial charge < -0.3 is 4.74 Å². The molecule has 0 amide bonds. The van der Waals surface area contributed by atoms with E-state index in [1.165, 1.54) is 69.8 Å². The maximum absolute atomic E-state index is 5.89. The molecule has 0 N–H and O–H groups in total. The van der Waals surface area contributed by atoms with Gasteiger partial charge in [-0.25, -0.2) is 9.97 Å². The molecular weight excluding hydrogens is 380 g/mol. The van der Waals surface area contributed by atoms with Crippen molar-refractivity contribution in [2.24, 2.45) is 0 Å². The lowest BCUT2D eigenvalue weighted by atomic mass is 10.1. The maximum Gasteiger partial charge on any atom is 0.159 e. The molecule has 0 atom stereocenters. The molecule has 0 aliphatic heterocycles. The van der Waals surface area contributed by atoms with E-state index in [0.29, 0.717) is 0 Å². The average molecular weight is 423 g/mol. The lowest BCUT2D eigenvalue weighted by molar-refractivity contribution is 0.305. The second kappa shape index (κ2) is 16.5. The van der Waals surface area contributed by atoms with Gasteiger partial charge in [0, 0.05) is 18.0 Å². The van der Waals surface area contributed by atoms with Crippen molar-refractivity contribution in [3.8, 4) is 17.1 Å². The highest BCUT2D eigenvalue weighted by Gasteiger charge is 2.03. The molecule has 0 aliphatic rings. The van der Waals surface area contributed by atoms with E-state index in [4.69, 9.17) is 4.74 Å². The van der Waals surface area contributed by atoms with Crippen molar-refractivity contribution in [2.45, 2.75) is 97.3 Å². The maximum atomic E-state index is 5.89. The summed E-state index contributed by atoms with van der Waals surface area (Å²) in [6.45, 7) is 5.23. The summed E-state index contributed by atoms with van der Waals surface area (Å²) in [5, 5.41) is 0. The van der Waals surface area contributed by atoms with E-state index in [1.54, 1.807) is 0 Å². The lowest BCUT2D eigenvalue weighted by Crippen LogP contribution is -1.97. The SMILES string of the molecule is CCC=CCCCCCCOc1ccc(-c2ncc(CCCCCCCC)cn2)cc1. The fraction of sp³-hybridized carbons (Fsp3) is 0.571. The zero-order valence-electron chi connectivity index (χ0n) is 19.8. The van der Waals surface area contributed by atoms with Crippen LogP contribution in [-0.4, -0.2) is 16.6 Å². The Balaban J connectivity index is 1.64. The van der Waals surface area contributed by atoms with E-state index in [-0.39, 0.29) is 0 Å². The largest absolute Gasteiger partial charge is 0.494 e. The van der Waals surface area contributed by atoms with Crippen LogP contribution in [-0.2, 0) is 6.42 Å². The molecule has 0 saturated heterocycles. The van der Waals surface area contributed by atoms with Crippen LogP contribution in [0.25, 0.3) is 11.4 Å². The highest BCUT2D eigenvalue weighted by atomic mass is 16.5. The molecule has 0 aliphatic carbocycles. The predicted octanol–water partition coefficient (Wildman–Crippen LogP) is 8.34. The third kappa shape index (κ3) is 11.1. The molecule has 3 nitrogen and oxygen atoms in total. The van der Waals surface area contributed by atoms with Crippen molar-refractivity contribution in [3.63, 3.8) is 0 Å². The molecule has 0 bridgehead atoms. The topological polar surface area (TPSA) is 35.0 Å². The number of unbranched alkanes of at least 4 members (excludes halogenated alkanes) is 9. The Labute approximate surface area is 190 Å². The monoisotopic (exact) mass is 422 g/mol. The Morgan fingerprint density at radius 3 is 2.16 bits per heavy atom. The number of allylic oxidation sites excluding steroid dienone is 2. The van der Waals surface area contributed by atoms with Crippen LogP contribution >= 0.6 is 0 Å². The fourth-order valence-corrected chi connectivity index (χ4v) is 3.63. The Hall–Kier alpha value is -2.16. The number of nitrogens with zero attached hydrogens (tertiary/aromatic N) is 2. The van der Waals surface area contributed by atoms with E-state index >= 15 is 0 Å². The van der Waals surface area contributed by atoms with Crippen molar-refractivity contribution in [3.05, 3.63) is 54.4 Å². The van der Waals surface area contributed by atoms with Gasteiger partial charge in [-0.05, 0) is 68.4 Å². The van der Waals surface area contributed by atoms with Crippen LogP contribution in [0.4, 0.5) is 0 Å². The molecule has 0 fully saturated rings. The quantitative estimate of drug-likeness (QED) is 0.190. The van der Waals surface area contributed by atoms with Crippen LogP contribution in [0.1, 0.15) is 96.5 Å². The Kier molecular flexibility index (Phi) is 13.4. The van der Waals surface area contributed by atoms with Gasteiger partial charge in [-0.15, -0.1) is 0 Å². The van der Waals surface area contributed by atoms with Crippen LogP contribution in [0, 0.1) is 0 Å². The summed E-state index contributed by atoms with van der Waals surface area (Å²) in [5.41, 5.74) is 2.28. The van der Waals surface area contributed by atoms with Gasteiger partial charge in [0.1, 0.15) is 5.75 Å². The minimum absolute atomic E-state index is 0.786. The number of aryl methyl sites for hydroxylation is 1. The van der Waals surface area contributed by atoms with Crippen molar-refractivity contribution in [2.75, 3.05) is 6.61 Å². The van der Waals surface area contributed by atoms with Crippen LogP contribution in [0.15, 0.2) is 48.8 Å². The van der Waals surface area contributed by atoms with Gasteiger partial charge in [0.05, 0.1) is 6.61 Å². The lowest BCUT2D eigenvalue weighted by Gasteiger charge is -2.07. The first-order valence-electron chi connectivity index (χ1n) is 12.5. The highest BCUT2D eigenvalue weighted by Crippen LogP contribution is 2.20. The van der Waals surface area contributed by atoms with Crippen molar-refractivity contribution >= 4 is 0 Å². The molecule has 1 heterocycles. The van der Waals surface area contributed by atoms with E-state index in [1.807, 2.05) is 24.5 Å². The second-order valence-corrected chi connectivity index (χ2v) is 8.39. The number of ether oxygens (including phenoxy) is 1. The summed E-state index contributed by atoms with van der Waals surface area (Å²) < 4.78 is 5.89. The van der Waals surface area contributed by atoms with Crippen LogP contribution in [0.2, 0.25) is 0 Å². The molecule has 31 heavy (non-hydrogen) atoms. The van der Waals surface area contributed by atoms with Gasteiger partial charge in [0.15, 0.2) is 5.82 Å². The molecule has 1 aromatic carbocycles. The molecule has 2 aromatic rings. The molecule has 170 valence electrons. The predicted molar refractivity (Wildman–Crippen MR) is 133 cm³/mol. The Morgan fingerprint density at radius 1 is 0.742 bits per heavy atom. The number of benzene rings is 1. The third-order valence-corrected chi connectivity index (χ3v) is 5.57. The first-order valence-corrected chi connectivity index (χ1v) is 12.5. The first-order chi connectivity index (χ1) is 15.3. The normalized spacial score (nSPS) is 11.3. The summed E-state index contributed by atoms with van der Waals surface area (Å²) >= 11 is 0. The van der Waals surface area contributed by atoms with E-state index < -0.39 is 0 Å². The Bertz CT molecular complexity index is 707.